The molecule has 0 spiro atoms. The minimum absolute atomic E-state index is 0.0592. The van der Waals surface area contributed by atoms with Crippen LogP contribution in [-0.2, 0) is 17.8 Å². The first-order valence-corrected chi connectivity index (χ1v) is 11.5. The summed E-state index contributed by atoms with van der Waals surface area (Å²) in [6.45, 7) is 3.25. The molecule has 1 saturated carbocycles. The molecule has 0 saturated heterocycles. The Kier molecular flexibility index (Phi) is 5.90. The summed E-state index contributed by atoms with van der Waals surface area (Å²) in [7, 11) is 0. The highest BCUT2D eigenvalue weighted by Crippen LogP contribution is 2.37. The smallest absolute Gasteiger partial charge is 0.287 e. The van der Waals surface area contributed by atoms with Crippen LogP contribution in [0, 0.1) is 5.92 Å². The Balaban J connectivity index is 1.31. The first kappa shape index (κ1) is 21.3. The molecule has 2 amide bonds. The number of fused-ring (bicyclic) bond motifs is 1. The molecule has 0 bridgehead atoms. The van der Waals surface area contributed by atoms with E-state index in [0.717, 1.165) is 17.5 Å². The molecular formula is C27H28N2O4. The van der Waals surface area contributed by atoms with Crippen LogP contribution in [0.5, 0.6) is 5.75 Å². The van der Waals surface area contributed by atoms with Gasteiger partial charge in [-0.25, -0.2) is 0 Å². The highest BCUT2D eigenvalue weighted by atomic mass is 16.5. The molecule has 6 nitrogen and oxygen atoms in total. The van der Waals surface area contributed by atoms with Gasteiger partial charge < -0.3 is 19.4 Å². The van der Waals surface area contributed by atoms with Crippen LogP contribution < -0.4 is 10.1 Å². The van der Waals surface area contributed by atoms with Gasteiger partial charge >= 0.3 is 0 Å². The Hall–Kier alpha value is -3.54. The number of furan rings is 1. The van der Waals surface area contributed by atoms with Gasteiger partial charge in [-0.05, 0) is 66.1 Å². The van der Waals surface area contributed by atoms with Crippen molar-refractivity contribution in [3.05, 3.63) is 88.9 Å². The molecule has 1 aliphatic heterocycles. The Morgan fingerprint density at radius 2 is 1.91 bits per heavy atom. The molecule has 1 aromatic heterocycles. The lowest BCUT2D eigenvalue weighted by molar-refractivity contribution is -0.130. The molecule has 33 heavy (non-hydrogen) atoms. The quantitative estimate of drug-likeness (QED) is 0.583. The summed E-state index contributed by atoms with van der Waals surface area (Å²) in [6.07, 6.45) is 3.19. The van der Waals surface area contributed by atoms with E-state index in [1.165, 1.54) is 18.4 Å². The number of nitrogens with one attached hydrogen (secondary N) is 1. The Bertz CT molecular complexity index is 1150. The molecule has 5 rings (SSSR count). The zero-order chi connectivity index (χ0) is 22.8. The average Bonchev–Trinajstić information content (AvgIpc) is 3.55. The minimum atomic E-state index is -0.183. The molecule has 1 N–H and O–H groups in total. The number of carbonyl (C=O) groups excluding carboxylic acids is 2. The molecule has 1 atom stereocenters. The molecule has 1 fully saturated rings. The Labute approximate surface area is 193 Å². The van der Waals surface area contributed by atoms with Crippen molar-refractivity contribution < 1.29 is 18.7 Å². The van der Waals surface area contributed by atoms with Crippen molar-refractivity contribution in [3.8, 4) is 5.75 Å². The van der Waals surface area contributed by atoms with Crippen LogP contribution in [0.3, 0.4) is 0 Å². The van der Waals surface area contributed by atoms with Crippen molar-refractivity contribution in [2.45, 2.75) is 38.8 Å². The van der Waals surface area contributed by atoms with Gasteiger partial charge in [0.25, 0.3) is 5.91 Å². The van der Waals surface area contributed by atoms with Gasteiger partial charge in [0.15, 0.2) is 5.76 Å². The number of rotatable bonds is 7. The standard InChI is InChI=1S/C27H28N2O4/c1-18(30)29-14-13-20-9-10-22(15-24(20)26(29)21-5-3-2-4-6-21)32-17-23-11-12-25(33-23)27(31)28-16-19-7-8-19/h2-6,9-12,15,19,26H,7-8,13-14,16-17H2,1H3,(H,28,31)/t26-/m1/s1. The summed E-state index contributed by atoms with van der Waals surface area (Å²) in [6, 6.07) is 19.5. The van der Waals surface area contributed by atoms with E-state index >= 15 is 0 Å². The molecule has 2 heterocycles. The van der Waals surface area contributed by atoms with E-state index in [1.54, 1.807) is 19.1 Å². The molecule has 2 aliphatic rings. The maximum Gasteiger partial charge on any atom is 0.287 e. The second kappa shape index (κ2) is 9.14. The maximum atomic E-state index is 12.4. The number of hydrogen-bond acceptors (Lipinski definition) is 4. The van der Waals surface area contributed by atoms with Gasteiger partial charge in [0, 0.05) is 20.0 Å². The summed E-state index contributed by atoms with van der Waals surface area (Å²) >= 11 is 0. The maximum absolute atomic E-state index is 12.4. The third kappa shape index (κ3) is 4.80. The Morgan fingerprint density at radius 3 is 2.67 bits per heavy atom. The van der Waals surface area contributed by atoms with Crippen molar-refractivity contribution >= 4 is 11.8 Å². The predicted molar refractivity (Wildman–Crippen MR) is 124 cm³/mol. The van der Waals surface area contributed by atoms with Crippen LogP contribution in [0.15, 0.2) is 65.1 Å². The average molecular weight is 445 g/mol. The van der Waals surface area contributed by atoms with E-state index in [0.29, 0.717) is 36.3 Å². The lowest BCUT2D eigenvalue weighted by atomic mass is 9.88. The lowest BCUT2D eigenvalue weighted by Crippen LogP contribution is -2.39. The van der Waals surface area contributed by atoms with Crippen LogP contribution in [0.1, 0.15) is 58.8 Å². The fraction of sp³-hybridized carbons (Fsp3) is 0.333. The van der Waals surface area contributed by atoms with Gasteiger partial charge in [0.05, 0.1) is 6.04 Å². The van der Waals surface area contributed by atoms with Crippen molar-refractivity contribution in [3.63, 3.8) is 0 Å². The second-order valence-corrected chi connectivity index (χ2v) is 8.84. The summed E-state index contributed by atoms with van der Waals surface area (Å²) in [4.78, 5) is 26.5. The lowest BCUT2D eigenvalue weighted by Gasteiger charge is -2.37. The molecule has 3 aromatic rings. The molecular weight excluding hydrogens is 416 g/mol. The highest BCUT2D eigenvalue weighted by Gasteiger charge is 2.30. The number of carbonyl (C=O) groups is 2. The fourth-order valence-electron chi connectivity index (χ4n) is 4.40. The van der Waals surface area contributed by atoms with E-state index < -0.39 is 0 Å². The highest BCUT2D eigenvalue weighted by molar-refractivity contribution is 5.91. The van der Waals surface area contributed by atoms with E-state index in [9.17, 15) is 9.59 Å². The van der Waals surface area contributed by atoms with E-state index in [1.807, 2.05) is 35.2 Å². The predicted octanol–water partition coefficient (Wildman–Crippen LogP) is 4.49. The number of amides is 2. The van der Waals surface area contributed by atoms with Crippen LogP contribution in [0.2, 0.25) is 0 Å². The van der Waals surface area contributed by atoms with Gasteiger partial charge in [0.2, 0.25) is 5.91 Å². The zero-order valence-corrected chi connectivity index (χ0v) is 18.8. The van der Waals surface area contributed by atoms with Gasteiger partial charge in [-0.2, -0.15) is 0 Å². The number of nitrogens with zero attached hydrogens (tertiary/aromatic N) is 1. The third-order valence-corrected chi connectivity index (χ3v) is 6.38. The van der Waals surface area contributed by atoms with E-state index in [2.05, 4.69) is 23.5 Å². The molecule has 2 aromatic carbocycles. The van der Waals surface area contributed by atoms with Gasteiger partial charge in [-0.3, -0.25) is 9.59 Å². The van der Waals surface area contributed by atoms with Crippen LogP contribution in [-0.4, -0.2) is 29.8 Å². The molecule has 0 unspecified atom stereocenters. The monoisotopic (exact) mass is 444 g/mol. The van der Waals surface area contributed by atoms with Gasteiger partial charge in [0.1, 0.15) is 18.1 Å². The van der Waals surface area contributed by atoms with Crippen LogP contribution in [0.25, 0.3) is 0 Å². The van der Waals surface area contributed by atoms with Gasteiger partial charge in [-0.15, -0.1) is 0 Å². The fourth-order valence-corrected chi connectivity index (χ4v) is 4.40. The van der Waals surface area contributed by atoms with Crippen LogP contribution >= 0.6 is 0 Å². The molecule has 1 aliphatic carbocycles. The molecule has 0 radical (unpaired) electrons. The second-order valence-electron chi connectivity index (χ2n) is 8.84. The Morgan fingerprint density at radius 1 is 1.09 bits per heavy atom. The van der Waals surface area contributed by atoms with Crippen molar-refractivity contribution in [2.75, 3.05) is 13.1 Å². The first-order valence-electron chi connectivity index (χ1n) is 11.5. The van der Waals surface area contributed by atoms with Gasteiger partial charge in [-0.1, -0.05) is 36.4 Å². The normalized spacial score (nSPS) is 17.4. The van der Waals surface area contributed by atoms with E-state index in [-0.39, 0.29) is 24.5 Å². The summed E-state index contributed by atoms with van der Waals surface area (Å²) < 4.78 is 11.7. The van der Waals surface area contributed by atoms with Crippen molar-refractivity contribution in [1.82, 2.24) is 10.2 Å². The van der Waals surface area contributed by atoms with E-state index in [4.69, 9.17) is 9.15 Å². The summed E-state index contributed by atoms with van der Waals surface area (Å²) in [5.74, 6) is 2.10. The molecule has 170 valence electrons. The molecule has 6 heteroatoms. The number of ether oxygens (including phenoxy) is 1. The summed E-state index contributed by atoms with van der Waals surface area (Å²) in [5.41, 5.74) is 3.39. The third-order valence-electron chi connectivity index (χ3n) is 6.38. The number of hydrogen-bond donors (Lipinski definition) is 1. The largest absolute Gasteiger partial charge is 0.486 e. The minimum Gasteiger partial charge on any atom is -0.486 e. The topological polar surface area (TPSA) is 71.8 Å². The van der Waals surface area contributed by atoms with Crippen molar-refractivity contribution in [1.29, 1.82) is 0 Å². The first-order chi connectivity index (χ1) is 16.1. The van der Waals surface area contributed by atoms with Crippen LogP contribution in [0.4, 0.5) is 0 Å². The number of benzene rings is 2. The van der Waals surface area contributed by atoms with Crippen molar-refractivity contribution in [2.24, 2.45) is 5.92 Å². The summed E-state index contributed by atoms with van der Waals surface area (Å²) in [5, 5.41) is 2.91. The zero-order valence-electron chi connectivity index (χ0n) is 18.8. The SMILES string of the molecule is CC(=O)N1CCc2ccc(OCc3ccc(C(=O)NCC4CC4)o3)cc2[C@H]1c1ccccc1.